The van der Waals surface area contributed by atoms with Gasteiger partial charge in [0.15, 0.2) is 17.6 Å². The number of guanidine groups is 1. The Labute approximate surface area is 168 Å². The average Bonchev–Trinajstić information content (AvgIpc) is 2.86. The Bertz CT molecular complexity index is 719. The maximum absolute atomic E-state index is 13.6. The molecular formula is C17H23F2IN4S. The van der Waals surface area contributed by atoms with Crippen molar-refractivity contribution >= 4 is 41.3 Å². The van der Waals surface area contributed by atoms with Crippen LogP contribution in [-0.2, 0) is 13.0 Å². The summed E-state index contributed by atoms with van der Waals surface area (Å²) >= 11 is 1.63. The summed E-state index contributed by atoms with van der Waals surface area (Å²) < 4.78 is 26.8. The summed E-state index contributed by atoms with van der Waals surface area (Å²) in [5.74, 6) is -0.944. The summed E-state index contributed by atoms with van der Waals surface area (Å²) in [4.78, 5) is 10.0. The fourth-order valence-corrected chi connectivity index (χ4v) is 3.13. The molecule has 0 aliphatic carbocycles. The number of aromatic nitrogens is 1. The maximum atomic E-state index is 13.6. The van der Waals surface area contributed by atoms with Crippen molar-refractivity contribution in [3.63, 3.8) is 0 Å². The van der Waals surface area contributed by atoms with E-state index in [2.05, 4.69) is 20.6 Å². The van der Waals surface area contributed by atoms with Crippen LogP contribution in [0.25, 0.3) is 0 Å². The van der Waals surface area contributed by atoms with E-state index >= 15 is 0 Å². The van der Waals surface area contributed by atoms with Crippen molar-refractivity contribution in [1.82, 2.24) is 15.6 Å². The van der Waals surface area contributed by atoms with Gasteiger partial charge in [-0.1, -0.05) is 12.1 Å². The van der Waals surface area contributed by atoms with Crippen LogP contribution < -0.4 is 10.6 Å². The summed E-state index contributed by atoms with van der Waals surface area (Å²) in [6.45, 7) is 7.66. The molecule has 2 aromatic rings. The number of rotatable bonds is 6. The Balaban J connectivity index is 0.00000312. The molecule has 0 atom stereocenters. The van der Waals surface area contributed by atoms with E-state index in [4.69, 9.17) is 0 Å². The Hall–Kier alpha value is -1.29. The number of aliphatic imine (C=N–C) groups is 1. The predicted molar refractivity (Wildman–Crippen MR) is 110 cm³/mol. The van der Waals surface area contributed by atoms with E-state index in [1.54, 1.807) is 17.4 Å². The van der Waals surface area contributed by atoms with Crippen LogP contribution in [0, 0.1) is 25.5 Å². The first kappa shape index (κ1) is 21.8. The molecule has 0 aliphatic heterocycles. The number of halogens is 3. The van der Waals surface area contributed by atoms with Gasteiger partial charge in [0.25, 0.3) is 0 Å². The van der Waals surface area contributed by atoms with E-state index in [1.165, 1.54) is 6.07 Å². The Morgan fingerprint density at radius 1 is 1.24 bits per heavy atom. The van der Waals surface area contributed by atoms with Crippen LogP contribution in [0.15, 0.2) is 23.2 Å². The molecule has 0 unspecified atom stereocenters. The molecule has 8 heteroatoms. The van der Waals surface area contributed by atoms with E-state index in [1.807, 2.05) is 20.8 Å². The van der Waals surface area contributed by atoms with Crippen molar-refractivity contribution < 1.29 is 8.78 Å². The van der Waals surface area contributed by atoms with Gasteiger partial charge >= 0.3 is 0 Å². The number of benzene rings is 1. The van der Waals surface area contributed by atoms with E-state index in [0.717, 1.165) is 28.2 Å². The molecule has 0 spiro atoms. The van der Waals surface area contributed by atoms with Crippen LogP contribution in [0.3, 0.4) is 0 Å². The van der Waals surface area contributed by atoms with Crippen molar-refractivity contribution in [2.75, 3.05) is 13.1 Å². The lowest BCUT2D eigenvalue weighted by Crippen LogP contribution is -2.38. The highest BCUT2D eigenvalue weighted by Crippen LogP contribution is 2.17. The fraction of sp³-hybridized carbons (Fsp3) is 0.412. The summed E-state index contributed by atoms with van der Waals surface area (Å²) in [5.41, 5.74) is 1.35. The topological polar surface area (TPSA) is 49.3 Å². The summed E-state index contributed by atoms with van der Waals surface area (Å²) in [5, 5.41) is 7.32. The third kappa shape index (κ3) is 6.50. The molecule has 0 saturated carbocycles. The summed E-state index contributed by atoms with van der Waals surface area (Å²) in [7, 11) is 0. The van der Waals surface area contributed by atoms with Gasteiger partial charge in [0.05, 0.1) is 17.2 Å². The number of nitrogens with one attached hydrogen (secondary N) is 2. The number of nitrogens with zero attached hydrogens (tertiary/aromatic N) is 2. The lowest BCUT2D eigenvalue weighted by atomic mass is 10.1. The van der Waals surface area contributed by atoms with Crippen molar-refractivity contribution in [2.24, 2.45) is 4.99 Å². The van der Waals surface area contributed by atoms with Crippen LogP contribution >= 0.6 is 35.3 Å². The van der Waals surface area contributed by atoms with Gasteiger partial charge in [-0.05, 0) is 38.8 Å². The summed E-state index contributed by atoms with van der Waals surface area (Å²) in [6.07, 6.45) is 0.382. The van der Waals surface area contributed by atoms with Crippen LogP contribution in [-0.4, -0.2) is 24.0 Å². The van der Waals surface area contributed by atoms with E-state index in [0.29, 0.717) is 31.0 Å². The highest BCUT2D eigenvalue weighted by atomic mass is 127. The van der Waals surface area contributed by atoms with Crippen LogP contribution in [0.5, 0.6) is 0 Å². The van der Waals surface area contributed by atoms with Crippen LogP contribution in [0.2, 0.25) is 0 Å². The quantitative estimate of drug-likeness (QED) is 0.374. The molecule has 0 amide bonds. The van der Waals surface area contributed by atoms with Gasteiger partial charge in [-0.25, -0.2) is 18.8 Å². The van der Waals surface area contributed by atoms with Crippen molar-refractivity contribution in [2.45, 2.75) is 33.7 Å². The highest BCUT2D eigenvalue weighted by Gasteiger charge is 2.08. The van der Waals surface area contributed by atoms with Gasteiger partial charge in [0, 0.05) is 18.0 Å². The Kier molecular flexibility index (Phi) is 9.26. The number of hydrogen-bond donors (Lipinski definition) is 2. The maximum Gasteiger partial charge on any atom is 0.191 e. The molecule has 0 bridgehead atoms. The normalized spacial score (nSPS) is 11.2. The molecule has 1 aromatic heterocycles. The van der Waals surface area contributed by atoms with Gasteiger partial charge in [0.2, 0.25) is 0 Å². The largest absolute Gasteiger partial charge is 0.357 e. The van der Waals surface area contributed by atoms with E-state index in [-0.39, 0.29) is 24.0 Å². The zero-order valence-electron chi connectivity index (χ0n) is 14.5. The first-order valence-electron chi connectivity index (χ1n) is 7.89. The molecule has 2 rings (SSSR count). The molecule has 25 heavy (non-hydrogen) atoms. The van der Waals surface area contributed by atoms with Gasteiger partial charge in [-0.15, -0.1) is 35.3 Å². The number of aryl methyl sites for hydroxylation is 2. The molecule has 1 aromatic carbocycles. The fourth-order valence-electron chi connectivity index (χ4n) is 2.27. The minimum absolute atomic E-state index is 0. The first-order chi connectivity index (χ1) is 11.5. The molecule has 0 radical (unpaired) electrons. The first-order valence-corrected chi connectivity index (χ1v) is 8.71. The van der Waals surface area contributed by atoms with Crippen molar-refractivity contribution in [3.05, 3.63) is 51.0 Å². The second kappa shape index (κ2) is 10.6. The zero-order chi connectivity index (χ0) is 17.5. The van der Waals surface area contributed by atoms with Gasteiger partial charge < -0.3 is 10.6 Å². The second-order valence-electron chi connectivity index (χ2n) is 5.33. The molecule has 0 fully saturated rings. The predicted octanol–water partition coefficient (Wildman–Crippen LogP) is 3.95. The smallest absolute Gasteiger partial charge is 0.191 e. The summed E-state index contributed by atoms with van der Waals surface area (Å²) in [6, 6.07) is 4.23. The SMILES string of the molecule is CCNC(=NCc1sc(C)nc1C)NCCc1cccc(F)c1F.I. The standard InChI is InChI=1S/C17H22F2N4S.HI/c1-4-20-17(22-10-15-11(2)23-12(3)24-15)21-9-8-13-6-5-7-14(18)16(13)19;/h5-7H,4,8-10H2,1-3H3,(H2,20,21,22);1H. The van der Waals surface area contributed by atoms with Gasteiger partial charge in [0.1, 0.15) is 0 Å². The van der Waals surface area contributed by atoms with Crippen LogP contribution in [0.1, 0.15) is 28.1 Å². The molecular weight excluding hydrogens is 457 g/mol. The van der Waals surface area contributed by atoms with Gasteiger partial charge in [-0.2, -0.15) is 0 Å². The lowest BCUT2D eigenvalue weighted by Gasteiger charge is -2.11. The number of hydrogen-bond acceptors (Lipinski definition) is 3. The Morgan fingerprint density at radius 2 is 2.00 bits per heavy atom. The number of thiazole rings is 1. The van der Waals surface area contributed by atoms with Gasteiger partial charge in [-0.3, -0.25) is 0 Å². The molecule has 0 saturated heterocycles. The molecule has 0 aliphatic rings. The molecule has 1 heterocycles. The average molecular weight is 480 g/mol. The van der Waals surface area contributed by atoms with Crippen molar-refractivity contribution in [1.29, 1.82) is 0 Å². The van der Waals surface area contributed by atoms with E-state index < -0.39 is 11.6 Å². The van der Waals surface area contributed by atoms with E-state index in [9.17, 15) is 8.78 Å². The second-order valence-corrected chi connectivity index (χ2v) is 6.61. The molecule has 4 nitrogen and oxygen atoms in total. The van der Waals surface area contributed by atoms with Crippen molar-refractivity contribution in [3.8, 4) is 0 Å². The molecule has 138 valence electrons. The third-order valence-corrected chi connectivity index (χ3v) is 4.50. The Morgan fingerprint density at radius 3 is 2.64 bits per heavy atom. The highest BCUT2D eigenvalue weighted by molar-refractivity contribution is 14.0. The van der Waals surface area contributed by atoms with Crippen LogP contribution in [0.4, 0.5) is 8.78 Å². The monoisotopic (exact) mass is 480 g/mol. The minimum Gasteiger partial charge on any atom is -0.357 e. The molecule has 2 N–H and O–H groups in total. The lowest BCUT2D eigenvalue weighted by molar-refractivity contribution is 0.498. The zero-order valence-corrected chi connectivity index (χ0v) is 17.7. The minimum atomic E-state index is -0.816. The third-order valence-electron chi connectivity index (χ3n) is 3.44.